The van der Waals surface area contributed by atoms with Crippen LogP contribution in [0.25, 0.3) is 0 Å². The molecule has 0 N–H and O–H groups in total. The van der Waals surface area contributed by atoms with Crippen molar-refractivity contribution in [3.8, 4) is 0 Å². The van der Waals surface area contributed by atoms with Gasteiger partial charge in [0, 0.05) is 36.4 Å². The van der Waals surface area contributed by atoms with E-state index in [1.807, 2.05) is 31.3 Å². The molecule has 0 spiro atoms. The first-order chi connectivity index (χ1) is 10.1. The third kappa shape index (κ3) is 2.84. The van der Waals surface area contributed by atoms with Gasteiger partial charge in [0.05, 0.1) is 0 Å². The van der Waals surface area contributed by atoms with E-state index in [-0.39, 0.29) is 23.7 Å². The van der Waals surface area contributed by atoms with Crippen LogP contribution in [0.1, 0.15) is 31.2 Å². The average Bonchev–Trinajstić information content (AvgIpc) is 2.70. The van der Waals surface area contributed by atoms with Crippen molar-refractivity contribution in [1.82, 2.24) is 4.90 Å². The number of rotatable bonds is 3. The number of ketones is 1. The van der Waals surface area contributed by atoms with Gasteiger partial charge in [-0.2, -0.15) is 0 Å². The highest BCUT2D eigenvalue weighted by atomic mass is 35.5. The Hall–Kier alpha value is -1.35. The summed E-state index contributed by atoms with van der Waals surface area (Å²) in [5, 5.41) is 0.691. The maximum absolute atomic E-state index is 12.6. The molecule has 2 fully saturated rings. The number of halogens is 1. The van der Waals surface area contributed by atoms with Crippen LogP contribution in [0, 0.1) is 17.8 Å². The summed E-state index contributed by atoms with van der Waals surface area (Å²) >= 11 is 6.15. The van der Waals surface area contributed by atoms with Crippen molar-refractivity contribution in [2.45, 2.75) is 32.2 Å². The zero-order valence-electron chi connectivity index (χ0n) is 12.2. The fourth-order valence-electron chi connectivity index (χ4n) is 3.74. The maximum atomic E-state index is 12.6. The SMILES string of the molecule is CN(Cc1ccccc1Cl)C(=O)C1CC2CCC(C1)C2=O. The van der Waals surface area contributed by atoms with E-state index in [9.17, 15) is 9.59 Å². The summed E-state index contributed by atoms with van der Waals surface area (Å²) in [4.78, 5) is 26.3. The molecule has 1 amide bonds. The van der Waals surface area contributed by atoms with Gasteiger partial charge in [-0.15, -0.1) is 0 Å². The van der Waals surface area contributed by atoms with Crippen molar-refractivity contribution in [1.29, 1.82) is 0 Å². The summed E-state index contributed by atoms with van der Waals surface area (Å²) in [6.45, 7) is 0.526. The maximum Gasteiger partial charge on any atom is 0.225 e. The fraction of sp³-hybridized carbons (Fsp3) is 0.529. The van der Waals surface area contributed by atoms with Gasteiger partial charge in [0.25, 0.3) is 0 Å². The van der Waals surface area contributed by atoms with Crippen LogP contribution in [-0.4, -0.2) is 23.6 Å². The highest BCUT2D eigenvalue weighted by Crippen LogP contribution is 2.42. The highest BCUT2D eigenvalue weighted by Gasteiger charge is 2.44. The van der Waals surface area contributed by atoms with Crippen molar-refractivity contribution in [3.63, 3.8) is 0 Å². The Morgan fingerprint density at radius 3 is 2.48 bits per heavy atom. The molecule has 2 saturated carbocycles. The molecule has 4 heteroatoms. The van der Waals surface area contributed by atoms with E-state index in [0.29, 0.717) is 17.4 Å². The number of fused-ring (bicyclic) bond motifs is 2. The van der Waals surface area contributed by atoms with E-state index in [4.69, 9.17) is 11.6 Å². The second-order valence-electron chi connectivity index (χ2n) is 6.33. The lowest BCUT2D eigenvalue weighted by Gasteiger charge is -2.29. The molecule has 3 rings (SSSR count). The first-order valence-corrected chi connectivity index (χ1v) is 7.96. The zero-order chi connectivity index (χ0) is 15.0. The summed E-state index contributed by atoms with van der Waals surface area (Å²) in [7, 11) is 1.82. The molecule has 0 heterocycles. The third-order valence-corrected chi connectivity index (χ3v) is 5.27. The number of carbonyl (C=O) groups excluding carboxylic acids is 2. The van der Waals surface area contributed by atoms with Crippen LogP contribution in [0.15, 0.2) is 24.3 Å². The molecule has 1 aromatic rings. The van der Waals surface area contributed by atoms with Gasteiger partial charge in [-0.1, -0.05) is 29.8 Å². The molecular weight excluding hydrogens is 286 g/mol. The standard InChI is InChI=1S/C17H20ClNO2/c1-19(10-13-4-2-3-5-15(13)18)17(21)14-8-11-6-7-12(9-14)16(11)20/h2-5,11-12,14H,6-10H2,1H3. The molecule has 1 aromatic carbocycles. The molecular formula is C17H20ClNO2. The number of hydrogen-bond acceptors (Lipinski definition) is 2. The first-order valence-electron chi connectivity index (χ1n) is 7.58. The van der Waals surface area contributed by atoms with Crippen molar-refractivity contribution in [2.24, 2.45) is 17.8 Å². The molecule has 0 aliphatic heterocycles. The fourth-order valence-corrected chi connectivity index (χ4v) is 3.94. The van der Waals surface area contributed by atoms with Crippen molar-refractivity contribution < 1.29 is 9.59 Å². The Balaban J connectivity index is 1.66. The van der Waals surface area contributed by atoms with E-state index >= 15 is 0 Å². The van der Waals surface area contributed by atoms with E-state index in [2.05, 4.69) is 0 Å². The Kier molecular flexibility index (Phi) is 4.03. The predicted octanol–water partition coefficient (Wildman–Crippen LogP) is 3.30. The molecule has 0 aromatic heterocycles. The van der Waals surface area contributed by atoms with E-state index < -0.39 is 0 Å². The average molecular weight is 306 g/mol. The highest BCUT2D eigenvalue weighted by molar-refractivity contribution is 6.31. The summed E-state index contributed by atoms with van der Waals surface area (Å²) < 4.78 is 0. The lowest BCUT2D eigenvalue weighted by molar-refractivity contribution is -0.139. The normalized spacial score (nSPS) is 27.7. The molecule has 3 nitrogen and oxygen atoms in total. The first kappa shape index (κ1) is 14.6. The molecule has 112 valence electrons. The second kappa shape index (κ2) is 5.80. The number of hydrogen-bond donors (Lipinski definition) is 0. The third-order valence-electron chi connectivity index (χ3n) is 4.90. The molecule has 2 aliphatic rings. The van der Waals surface area contributed by atoms with Crippen molar-refractivity contribution in [3.05, 3.63) is 34.9 Å². The lowest BCUT2D eigenvalue weighted by atomic mass is 9.79. The van der Waals surface area contributed by atoms with Gasteiger partial charge in [-0.25, -0.2) is 0 Å². The van der Waals surface area contributed by atoms with Gasteiger partial charge < -0.3 is 4.90 Å². The Labute approximate surface area is 130 Å². The molecule has 2 unspecified atom stereocenters. The minimum absolute atomic E-state index is 0.00712. The second-order valence-corrected chi connectivity index (χ2v) is 6.73. The van der Waals surface area contributed by atoms with Gasteiger partial charge in [-0.05, 0) is 37.3 Å². The van der Waals surface area contributed by atoms with Crippen LogP contribution in [0.4, 0.5) is 0 Å². The summed E-state index contributed by atoms with van der Waals surface area (Å²) in [5.74, 6) is 0.817. The minimum atomic E-state index is 0.00712. The van der Waals surface area contributed by atoms with Crippen LogP contribution in [0.3, 0.4) is 0 Å². The van der Waals surface area contributed by atoms with Crippen LogP contribution < -0.4 is 0 Å². The Morgan fingerprint density at radius 1 is 1.24 bits per heavy atom. The number of carbonyl (C=O) groups is 2. The van der Waals surface area contributed by atoms with Gasteiger partial charge in [0.2, 0.25) is 5.91 Å². The zero-order valence-corrected chi connectivity index (χ0v) is 13.0. The quantitative estimate of drug-likeness (QED) is 0.859. The number of benzene rings is 1. The number of amides is 1. The lowest BCUT2D eigenvalue weighted by Crippen LogP contribution is -2.38. The minimum Gasteiger partial charge on any atom is -0.341 e. The molecule has 0 radical (unpaired) electrons. The topological polar surface area (TPSA) is 37.4 Å². The molecule has 2 aliphatic carbocycles. The van der Waals surface area contributed by atoms with E-state index in [1.54, 1.807) is 4.90 Å². The Morgan fingerprint density at radius 2 is 1.86 bits per heavy atom. The molecule has 2 bridgehead atoms. The van der Waals surface area contributed by atoms with E-state index in [1.165, 1.54) is 0 Å². The molecule has 21 heavy (non-hydrogen) atoms. The van der Waals surface area contributed by atoms with Crippen molar-refractivity contribution in [2.75, 3.05) is 7.05 Å². The van der Waals surface area contributed by atoms with E-state index in [0.717, 1.165) is 31.2 Å². The van der Waals surface area contributed by atoms with Gasteiger partial charge in [0.1, 0.15) is 5.78 Å². The number of Topliss-reactive ketones (excluding diaryl/α,β-unsaturated/α-hetero) is 1. The van der Waals surface area contributed by atoms with Crippen LogP contribution in [0.2, 0.25) is 5.02 Å². The van der Waals surface area contributed by atoms with Crippen molar-refractivity contribution >= 4 is 23.3 Å². The number of nitrogens with zero attached hydrogens (tertiary/aromatic N) is 1. The molecule has 2 atom stereocenters. The largest absolute Gasteiger partial charge is 0.341 e. The summed E-state index contributed by atoms with van der Waals surface area (Å²) in [6.07, 6.45) is 3.42. The molecule has 0 saturated heterocycles. The Bertz CT molecular complexity index is 556. The van der Waals surface area contributed by atoms with Crippen LogP contribution in [0.5, 0.6) is 0 Å². The van der Waals surface area contributed by atoms with Gasteiger partial charge >= 0.3 is 0 Å². The smallest absolute Gasteiger partial charge is 0.225 e. The van der Waals surface area contributed by atoms with Crippen LogP contribution in [-0.2, 0) is 16.1 Å². The summed E-state index contributed by atoms with van der Waals surface area (Å²) in [6, 6.07) is 7.60. The monoisotopic (exact) mass is 305 g/mol. The van der Waals surface area contributed by atoms with Crippen LogP contribution >= 0.6 is 11.6 Å². The van der Waals surface area contributed by atoms with Gasteiger partial charge in [0.15, 0.2) is 0 Å². The summed E-state index contributed by atoms with van der Waals surface area (Å²) in [5.41, 5.74) is 0.963. The predicted molar refractivity (Wildman–Crippen MR) is 81.9 cm³/mol. The van der Waals surface area contributed by atoms with Gasteiger partial charge in [-0.3, -0.25) is 9.59 Å².